The van der Waals surface area contributed by atoms with Crippen LogP contribution in [0.25, 0.3) is 11.0 Å². The molecule has 0 fully saturated rings. The lowest BCUT2D eigenvalue weighted by Crippen LogP contribution is -2.23. The highest BCUT2D eigenvalue weighted by Gasteiger charge is 2.30. The van der Waals surface area contributed by atoms with Gasteiger partial charge < -0.3 is 4.74 Å². The van der Waals surface area contributed by atoms with Gasteiger partial charge in [0.2, 0.25) is 0 Å². The number of benzene rings is 2. The van der Waals surface area contributed by atoms with Crippen LogP contribution in [-0.4, -0.2) is 19.7 Å². The molecule has 2 N–H and O–H groups in total. The van der Waals surface area contributed by atoms with Crippen molar-refractivity contribution in [2.75, 3.05) is 0 Å². The number of fused-ring (bicyclic) bond motifs is 1. The number of nitrogens with zero attached hydrogens (tertiary/aromatic N) is 2. The molecule has 0 saturated heterocycles. The van der Waals surface area contributed by atoms with Gasteiger partial charge in [0.1, 0.15) is 16.7 Å². The fourth-order valence-electron chi connectivity index (χ4n) is 3.21. The number of alkyl halides is 3. The fraction of sp³-hybridized carbons (Fsp3) is 0.190. The van der Waals surface area contributed by atoms with Crippen LogP contribution in [0.3, 0.4) is 0 Å². The van der Waals surface area contributed by atoms with Crippen LogP contribution < -0.4 is 11.2 Å². The van der Waals surface area contributed by atoms with Crippen molar-refractivity contribution in [3.63, 3.8) is 0 Å². The first kappa shape index (κ1) is 20.6. The summed E-state index contributed by atoms with van der Waals surface area (Å²) in [6.07, 6.45) is -4.43. The fourth-order valence-corrected chi connectivity index (χ4v) is 3.21. The van der Waals surface area contributed by atoms with Crippen LogP contribution in [0.2, 0.25) is 0 Å². The first-order valence-corrected chi connectivity index (χ1v) is 9.31. The maximum atomic E-state index is 12.8. The Labute approximate surface area is 173 Å². The molecule has 0 spiro atoms. The van der Waals surface area contributed by atoms with Crippen molar-refractivity contribution < 1.29 is 17.9 Å². The molecule has 4 aromatic rings. The van der Waals surface area contributed by atoms with Gasteiger partial charge in [0, 0.05) is 0 Å². The summed E-state index contributed by atoms with van der Waals surface area (Å²) in [6, 6.07) is 14.0. The molecule has 160 valence electrons. The van der Waals surface area contributed by atoms with Crippen molar-refractivity contribution >= 4 is 11.0 Å². The highest BCUT2D eigenvalue weighted by Crippen LogP contribution is 2.29. The third-order valence-electron chi connectivity index (χ3n) is 4.67. The summed E-state index contributed by atoms with van der Waals surface area (Å²) in [4.78, 5) is 28.8. The number of nitrogens with one attached hydrogen (secondary N) is 2. The molecule has 2 heterocycles. The van der Waals surface area contributed by atoms with E-state index in [0.29, 0.717) is 17.9 Å². The first-order chi connectivity index (χ1) is 14.8. The van der Waals surface area contributed by atoms with Gasteiger partial charge in [0.05, 0.1) is 25.3 Å². The molecule has 2 aromatic heterocycles. The van der Waals surface area contributed by atoms with Crippen LogP contribution >= 0.6 is 0 Å². The van der Waals surface area contributed by atoms with E-state index in [9.17, 15) is 22.8 Å². The van der Waals surface area contributed by atoms with E-state index in [1.54, 1.807) is 0 Å². The zero-order chi connectivity index (χ0) is 22.0. The summed E-state index contributed by atoms with van der Waals surface area (Å²) >= 11 is 0. The zero-order valence-electron chi connectivity index (χ0n) is 16.1. The number of hydrogen-bond donors (Lipinski definition) is 2. The molecule has 0 aliphatic heterocycles. The Morgan fingerprint density at radius 3 is 2.29 bits per heavy atom. The summed E-state index contributed by atoms with van der Waals surface area (Å²) in [6.45, 7) is 0.378. The van der Waals surface area contributed by atoms with Crippen molar-refractivity contribution in [2.24, 2.45) is 0 Å². The summed E-state index contributed by atoms with van der Waals surface area (Å²) < 4.78 is 45.4. The van der Waals surface area contributed by atoms with Crippen LogP contribution in [0.1, 0.15) is 22.4 Å². The second-order valence-corrected chi connectivity index (χ2v) is 6.91. The number of aromatic nitrogens is 4. The Morgan fingerprint density at radius 2 is 1.61 bits per heavy atom. The average molecular weight is 430 g/mol. The van der Waals surface area contributed by atoms with E-state index in [1.807, 2.05) is 30.3 Å². The van der Waals surface area contributed by atoms with Crippen LogP contribution in [0.5, 0.6) is 0 Å². The zero-order valence-corrected chi connectivity index (χ0v) is 16.1. The van der Waals surface area contributed by atoms with Crippen molar-refractivity contribution in [1.82, 2.24) is 19.7 Å². The second kappa shape index (κ2) is 8.23. The maximum absolute atomic E-state index is 12.8. The molecule has 2 aromatic carbocycles. The normalized spacial score (nSPS) is 11.8. The van der Waals surface area contributed by atoms with Crippen LogP contribution in [0.15, 0.2) is 64.2 Å². The summed E-state index contributed by atoms with van der Waals surface area (Å²) in [5.74, 6) is 0. The summed E-state index contributed by atoms with van der Waals surface area (Å²) in [5.41, 5.74) is -0.129. The van der Waals surface area contributed by atoms with Crippen molar-refractivity contribution in [3.8, 4) is 0 Å². The molecular formula is C21H17F3N4O3. The van der Waals surface area contributed by atoms with Gasteiger partial charge in [-0.25, -0.2) is 9.48 Å². The van der Waals surface area contributed by atoms with Crippen LogP contribution in [-0.2, 0) is 30.7 Å². The van der Waals surface area contributed by atoms with Gasteiger partial charge in [0.15, 0.2) is 0 Å². The molecule has 31 heavy (non-hydrogen) atoms. The standard InChI is InChI=1S/C21H17F3N4O3/c22-21(23,24)15-8-6-13(7-9-15)10-28-18-17(19(29)26-20(30)25-18)16(27-28)12-31-11-14-4-2-1-3-5-14/h1-9H,10-12H2,(H2,25,26,29,30). The summed E-state index contributed by atoms with van der Waals surface area (Å²) in [7, 11) is 0. The van der Waals surface area contributed by atoms with E-state index >= 15 is 0 Å². The number of H-pyrrole nitrogens is 2. The van der Waals surface area contributed by atoms with Crippen molar-refractivity contribution in [3.05, 3.63) is 97.8 Å². The van der Waals surface area contributed by atoms with E-state index in [0.717, 1.165) is 17.7 Å². The number of ether oxygens (including phenoxy) is 1. The molecule has 0 aliphatic rings. The van der Waals surface area contributed by atoms with E-state index in [-0.39, 0.29) is 24.2 Å². The molecule has 0 aliphatic carbocycles. The number of rotatable bonds is 6. The lowest BCUT2D eigenvalue weighted by atomic mass is 10.1. The minimum Gasteiger partial charge on any atom is -0.370 e. The predicted molar refractivity (Wildman–Crippen MR) is 106 cm³/mol. The molecule has 0 amide bonds. The first-order valence-electron chi connectivity index (χ1n) is 9.31. The smallest absolute Gasteiger partial charge is 0.370 e. The maximum Gasteiger partial charge on any atom is 0.416 e. The molecular weight excluding hydrogens is 413 g/mol. The van der Waals surface area contributed by atoms with E-state index in [1.165, 1.54) is 16.8 Å². The lowest BCUT2D eigenvalue weighted by molar-refractivity contribution is -0.137. The van der Waals surface area contributed by atoms with Crippen molar-refractivity contribution in [2.45, 2.75) is 25.9 Å². The molecule has 10 heteroatoms. The summed E-state index contributed by atoms with van der Waals surface area (Å²) in [5, 5.41) is 4.53. The van der Waals surface area contributed by atoms with E-state index in [4.69, 9.17) is 4.74 Å². The number of aromatic amines is 2. The Bertz CT molecular complexity index is 1310. The molecule has 0 saturated carbocycles. The van der Waals surface area contributed by atoms with Gasteiger partial charge in [-0.1, -0.05) is 42.5 Å². The van der Waals surface area contributed by atoms with Gasteiger partial charge in [-0.3, -0.25) is 14.8 Å². The third kappa shape index (κ3) is 4.58. The van der Waals surface area contributed by atoms with Crippen LogP contribution in [0, 0.1) is 0 Å². The topological polar surface area (TPSA) is 92.8 Å². The van der Waals surface area contributed by atoms with Gasteiger partial charge in [-0.15, -0.1) is 0 Å². The molecule has 0 unspecified atom stereocenters. The quantitative estimate of drug-likeness (QED) is 0.491. The Hall–Kier alpha value is -3.66. The Balaban J connectivity index is 1.62. The van der Waals surface area contributed by atoms with Gasteiger partial charge >= 0.3 is 11.9 Å². The molecule has 0 bridgehead atoms. The van der Waals surface area contributed by atoms with Gasteiger partial charge in [0.25, 0.3) is 5.56 Å². The molecule has 7 nitrogen and oxygen atoms in total. The molecule has 0 radical (unpaired) electrons. The van der Waals surface area contributed by atoms with Crippen molar-refractivity contribution in [1.29, 1.82) is 0 Å². The second-order valence-electron chi connectivity index (χ2n) is 6.91. The average Bonchev–Trinajstić information content (AvgIpc) is 3.06. The number of halogens is 3. The highest BCUT2D eigenvalue weighted by atomic mass is 19.4. The largest absolute Gasteiger partial charge is 0.416 e. The van der Waals surface area contributed by atoms with Gasteiger partial charge in [-0.05, 0) is 23.3 Å². The van der Waals surface area contributed by atoms with Gasteiger partial charge in [-0.2, -0.15) is 18.3 Å². The third-order valence-corrected chi connectivity index (χ3v) is 4.67. The molecule has 4 rings (SSSR count). The van der Waals surface area contributed by atoms with E-state index in [2.05, 4.69) is 15.1 Å². The van der Waals surface area contributed by atoms with E-state index < -0.39 is 23.0 Å². The highest BCUT2D eigenvalue weighted by molar-refractivity contribution is 5.76. The predicted octanol–water partition coefficient (Wildman–Crippen LogP) is 3.20. The number of hydrogen-bond acceptors (Lipinski definition) is 4. The molecule has 0 atom stereocenters. The minimum atomic E-state index is -4.43. The Morgan fingerprint density at radius 1 is 0.903 bits per heavy atom. The lowest BCUT2D eigenvalue weighted by Gasteiger charge is -2.08. The van der Waals surface area contributed by atoms with Crippen LogP contribution in [0.4, 0.5) is 13.2 Å². The monoisotopic (exact) mass is 430 g/mol. The SMILES string of the molecule is O=c1[nH]c(=O)c2c(COCc3ccccc3)nn(Cc3ccc(C(F)(F)F)cc3)c2[nH]1. The Kier molecular flexibility index (Phi) is 5.47. The minimum absolute atomic E-state index is 0.0144.